The predicted octanol–water partition coefficient (Wildman–Crippen LogP) is 4.11. The molecule has 1 aliphatic carbocycles. The summed E-state index contributed by atoms with van der Waals surface area (Å²) >= 11 is 0. The van der Waals surface area contributed by atoms with E-state index in [2.05, 4.69) is 0 Å². The molecule has 0 saturated carbocycles. The highest BCUT2D eigenvalue weighted by molar-refractivity contribution is 6.22. The first-order chi connectivity index (χ1) is 16.7. The number of carbonyl (C=O) groups excluding carboxylic acids is 4. The number of nitrogens with zero attached hydrogens (tertiary/aromatic N) is 2. The van der Waals surface area contributed by atoms with Crippen molar-refractivity contribution in [3.8, 4) is 5.75 Å². The van der Waals surface area contributed by atoms with E-state index in [1.165, 1.54) is 4.90 Å². The van der Waals surface area contributed by atoms with Crippen LogP contribution in [0.3, 0.4) is 0 Å². The standard InChI is InChI=1S/C28H28N2O5/c1-16-8-10-24(18(3)11-16)29-15-19(13-25(29)31)28(34)35-21-6-4-5-20(14-21)30-26(32)22-9-7-17(2)12-23(22)27(30)33/h4-8,10-11,14,19,22-23H,9,12-13,15H2,1-3H3/t19-,22+,23+/m1/s1. The van der Waals surface area contributed by atoms with Crippen molar-refractivity contribution >= 4 is 35.1 Å². The molecule has 2 aromatic rings. The third-order valence-corrected chi connectivity index (χ3v) is 7.22. The third-order valence-electron chi connectivity index (χ3n) is 7.22. The molecule has 2 aliphatic heterocycles. The Morgan fingerprint density at radius 1 is 0.943 bits per heavy atom. The van der Waals surface area contributed by atoms with Gasteiger partial charge in [0.25, 0.3) is 0 Å². The van der Waals surface area contributed by atoms with Gasteiger partial charge in [0.1, 0.15) is 5.75 Å². The molecule has 3 amide bonds. The number of carbonyl (C=O) groups is 4. The second-order valence-electron chi connectivity index (χ2n) is 9.83. The molecule has 2 saturated heterocycles. The van der Waals surface area contributed by atoms with Crippen LogP contribution in [0.4, 0.5) is 11.4 Å². The van der Waals surface area contributed by atoms with Crippen molar-refractivity contribution < 1.29 is 23.9 Å². The van der Waals surface area contributed by atoms with Crippen LogP contribution in [0.1, 0.15) is 37.3 Å². The van der Waals surface area contributed by atoms with Gasteiger partial charge in [-0.2, -0.15) is 0 Å². The number of rotatable bonds is 4. The third kappa shape index (κ3) is 4.16. The molecule has 3 atom stereocenters. The number of esters is 1. The Labute approximate surface area is 204 Å². The number of imide groups is 1. The van der Waals surface area contributed by atoms with Gasteiger partial charge in [0, 0.05) is 24.7 Å². The summed E-state index contributed by atoms with van der Waals surface area (Å²) in [6.07, 6.45) is 3.26. The lowest BCUT2D eigenvalue weighted by atomic mass is 9.82. The van der Waals surface area contributed by atoms with Crippen LogP contribution < -0.4 is 14.5 Å². The Morgan fingerprint density at radius 3 is 2.49 bits per heavy atom. The molecule has 0 N–H and O–H groups in total. The number of allylic oxidation sites excluding steroid dienone is 2. The lowest BCUT2D eigenvalue weighted by Gasteiger charge is -2.19. The number of benzene rings is 2. The average Bonchev–Trinajstić information content (AvgIpc) is 3.31. The summed E-state index contributed by atoms with van der Waals surface area (Å²) in [7, 11) is 0. The van der Waals surface area contributed by atoms with Gasteiger partial charge in [-0.15, -0.1) is 0 Å². The molecule has 0 bridgehead atoms. The Bertz CT molecular complexity index is 1280. The van der Waals surface area contributed by atoms with Crippen LogP contribution in [0.15, 0.2) is 54.1 Å². The number of anilines is 2. The van der Waals surface area contributed by atoms with Crippen molar-refractivity contribution in [2.75, 3.05) is 16.3 Å². The summed E-state index contributed by atoms with van der Waals surface area (Å²) in [5, 5.41) is 0. The van der Waals surface area contributed by atoms with E-state index in [0.29, 0.717) is 18.5 Å². The van der Waals surface area contributed by atoms with Crippen LogP contribution in [-0.4, -0.2) is 30.2 Å². The molecular formula is C28H28N2O5. The topological polar surface area (TPSA) is 84.0 Å². The molecule has 180 valence electrons. The zero-order valence-electron chi connectivity index (χ0n) is 20.1. The van der Waals surface area contributed by atoms with E-state index >= 15 is 0 Å². The van der Waals surface area contributed by atoms with Gasteiger partial charge in [-0.25, -0.2) is 4.90 Å². The predicted molar refractivity (Wildman–Crippen MR) is 131 cm³/mol. The monoisotopic (exact) mass is 472 g/mol. The first-order valence-corrected chi connectivity index (χ1v) is 12.0. The van der Waals surface area contributed by atoms with Crippen molar-refractivity contribution in [1.29, 1.82) is 0 Å². The first kappa shape index (κ1) is 23.0. The van der Waals surface area contributed by atoms with Crippen molar-refractivity contribution in [2.24, 2.45) is 17.8 Å². The molecule has 3 aliphatic rings. The van der Waals surface area contributed by atoms with Crippen LogP contribution in [0.25, 0.3) is 0 Å². The SMILES string of the molecule is CC1=CC[C@@H]2C(=O)N(c3cccc(OC(=O)[C@@H]4CC(=O)N(c5ccc(C)cc5C)C4)c3)C(=O)[C@H]2C1. The number of ether oxygens (including phenoxy) is 1. The quantitative estimate of drug-likeness (QED) is 0.289. The van der Waals surface area contributed by atoms with E-state index in [1.807, 2.05) is 45.0 Å². The van der Waals surface area contributed by atoms with E-state index in [9.17, 15) is 19.2 Å². The lowest BCUT2D eigenvalue weighted by molar-refractivity contribution is -0.139. The van der Waals surface area contributed by atoms with Crippen LogP contribution in [-0.2, 0) is 19.2 Å². The second kappa shape index (κ2) is 8.80. The largest absolute Gasteiger partial charge is 0.426 e. The zero-order valence-corrected chi connectivity index (χ0v) is 20.1. The van der Waals surface area contributed by atoms with Gasteiger partial charge >= 0.3 is 5.97 Å². The molecule has 35 heavy (non-hydrogen) atoms. The van der Waals surface area contributed by atoms with Crippen molar-refractivity contribution in [1.82, 2.24) is 0 Å². The van der Waals surface area contributed by atoms with Crippen molar-refractivity contribution in [3.63, 3.8) is 0 Å². The minimum absolute atomic E-state index is 0.0741. The fourth-order valence-corrected chi connectivity index (χ4v) is 5.38. The first-order valence-electron chi connectivity index (χ1n) is 12.0. The summed E-state index contributed by atoms with van der Waals surface area (Å²) in [6.45, 7) is 6.17. The maximum Gasteiger partial charge on any atom is 0.316 e. The van der Waals surface area contributed by atoms with E-state index in [-0.39, 0.29) is 48.3 Å². The molecule has 0 aromatic heterocycles. The van der Waals surface area contributed by atoms with Crippen LogP contribution in [0.2, 0.25) is 0 Å². The zero-order chi connectivity index (χ0) is 24.9. The van der Waals surface area contributed by atoms with Gasteiger partial charge in [0.2, 0.25) is 17.7 Å². The fraction of sp³-hybridized carbons (Fsp3) is 0.357. The van der Waals surface area contributed by atoms with Crippen LogP contribution in [0, 0.1) is 31.6 Å². The minimum atomic E-state index is -0.598. The highest BCUT2D eigenvalue weighted by atomic mass is 16.5. The molecule has 2 heterocycles. The van der Waals surface area contributed by atoms with E-state index in [0.717, 1.165) is 22.4 Å². The minimum Gasteiger partial charge on any atom is -0.426 e. The van der Waals surface area contributed by atoms with Gasteiger partial charge in [0.15, 0.2) is 0 Å². The molecule has 0 radical (unpaired) electrons. The van der Waals surface area contributed by atoms with E-state index in [1.54, 1.807) is 29.2 Å². The van der Waals surface area contributed by atoms with Gasteiger partial charge < -0.3 is 9.64 Å². The molecule has 0 spiro atoms. The van der Waals surface area contributed by atoms with Crippen LogP contribution in [0.5, 0.6) is 5.75 Å². The fourth-order valence-electron chi connectivity index (χ4n) is 5.38. The maximum atomic E-state index is 13.0. The molecule has 7 nitrogen and oxygen atoms in total. The molecular weight excluding hydrogens is 444 g/mol. The van der Waals surface area contributed by atoms with Gasteiger partial charge in [-0.05, 0) is 57.4 Å². The van der Waals surface area contributed by atoms with Crippen molar-refractivity contribution in [2.45, 2.75) is 40.0 Å². The molecule has 7 heteroatoms. The lowest BCUT2D eigenvalue weighted by Crippen LogP contribution is -2.31. The number of hydrogen-bond donors (Lipinski definition) is 0. The molecule has 0 unspecified atom stereocenters. The van der Waals surface area contributed by atoms with Gasteiger partial charge in [0.05, 0.1) is 23.4 Å². The van der Waals surface area contributed by atoms with Gasteiger partial charge in [-0.3, -0.25) is 19.2 Å². The molecule has 2 aromatic carbocycles. The van der Waals surface area contributed by atoms with E-state index in [4.69, 9.17) is 4.74 Å². The summed E-state index contributed by atoms with van der Waals surface area (Å²) in [6, 6.07) is 12.3. The summed E-state index contributed by atoms with van der Waals surface area (Å²) in [5.41, 5.74) is 4.41. The molecule has 2 fully saturated rings. The summed E-state index contributed by atoms with van der Waals surface area (Å²) in [5.74, 6) is -2.06. The Kier molecular flexibility index (Phi) is 5.79. The number of amides is 3. The Hall–Kier alpha value is -3.74. The second-order valence-corrected chi connectivity index (χ2v) is 9.83. The number of hydrogen-bond acceptors (Lipinski definition) is 5. The Morgan fingerprint density at radius 2 is 1.71 bits per heavy atom. The maximum absolute atomic E-state index is 13.0. The summed E-state index contributed by atoms with van der Waals surface area (Å²) < 4.78 is 5.61. The Balaban J connectivity index is 1.30. The average molecular weight is 473 g/mol. The van der Waals surface area contributed by atoms with E-state index < -0.39 is 11.9 Å². The highest BCUT2D eigenvalue weighted by Gasteiger charge is 2.48. The summed E-state index contributed by atoms with van der Waals surface area (Å²) in [4.78, 5) is 54.4. The normalized spacial score (nSPS) is 24.0. The highest BCUT2D eigenvalue weighted by Crippen LogP contribution is 2.40. The van der Waals surface area contributed by atoms with Crippen LogP contribution >= 0.6 is 0 Å². The smallest absolute Gasteiger partial charge is 0.316 e. The molecule has 5 rings (SSSR count). The van der Waals surface area contributed by atoms with Gasteiger partial charge in [-0.1, -0.05) is 35.4 Å². The van der Waals surface area contributed by atoms with Crippen molar-refractivity contribution in [3.05, 3.63) is 65.2 Å². The number of fused-ring (bicyclic) bond motifs is 1. The number of aryl methyl sites for hydroxylation is 2.